The molecule has 1 heterocycles. The molecule has 2 rings (SSSR count). The van der Waals surface area contributed by atoms with E-state index in [1.54, 1.807) is 0 Å². The molecule has 1 aliphatic carbocycles. The van der Waals surface area contributed by atoms with Gasteiger partial charge in [-0.3, -0.25) is 4.90 Å². The Labute approximate surface area is 101 Å². The van der Waals surface area contributed by atoms with E-state index >= 15 is 0 Å². The zero-order valence-electron chi connectivity index (χ0n) is 11.0. The van der Waals surface area contributed by atoms with E-state index in [0.717, 1.165) is 18.0 Å². The summed E-state index contributed by atoms with van der Waals surface area (Å²) in [6.45, 7) is 4.96. The highest BCUT2D eigenvalue weighted by Crippen LogP contribution is 2.33. The molecule has 1 saturated heterocycles. The van der Waals surface area contributed by atoms with Crippen LogP contribution in [0, 0.1) is 5.92 Å². The van der Waals surface area contributed by atoms with Crippen LogP contribution < -0.4 is 5.32 Å². The number of hydrogen-bond acceptors (Lipinski definition) is 2. The van der Waals surface area contributed by atoms with Crippen molar-refractivity contribution in [3.63, 3.8) is 0 Å². The minimum absolute atomic E-state index is 0.800. The maximum Gasteiger partial charge on any atom is 0.0223 e. The lowest BCUT2D eigenvalue weighted by Gasteiger charge is -2.42. The molecule has 2 unspecified atom stereocenters. The number of nitrogens with one attached hydrogen (secondary N) is 1. The number of likely N-dealkylation sites (N-methyl/N-ethyl adjacent to an activating group) is 1. The molecule has 0 aromatic carbocycles. The van der Waals surface area contributed by atoms with Gasteiger partial charge in [0.05, 0.1) is 0 Å². The Bertz CT molecular complexity index is 199. The summed E-state index contributed by atoms with van der Waals surface area (Å²) >= 11 is 0. The average molecular weight is 224 g/mol. The molecular formula is C14H28N2. The third-order valence-corrected chi connectivity index (χ3v) is 4.58. The molecule has 2 atom stereocenters. The van der Waals surface area contributed by atoms with Crippen LogP contribution in [0.2, 0.25) is 0 Å². The summed E-state index contributed by atoms with van der Waals surface area (Å²) in [5.41, 5.74) is 0. The van der Waals surface area contributed by atoms with Gasteiger partial charge in [0.15, 0.2) is 0 Å². The predicted molar refractivity (Wildman–Crippen MR) is 69.7 cm³/mol. The van der Waals surface area contributed by atoms with Gasteiger partial charge in [0.1, 0.15) is 0 Å². The summed E-state index contributed by atoms with van der Waals surface area (Å²) in [4.78, 5) is 2.78. The highest BCUT2D eigenvalue weighted by molar-refractivity contribution is 4.84. The van der Waals surface area contributed by atoms with Gasteiger partial charge in [-0.1, -0.05) is 25.7 Å². The number of likely N-dealkylation sites (tertiary alicyclic amines) is 1. The van der Waals surface area contributed by atoms with Crippen LogP contribution in [0.1, 0.15) is 51.9 Å². The van der Waals surface area contributed by atoms with Crippen LogP contribution in [0.3, 0.4) is 0 Å². The van der Waals surface area contributed by atoms with E-state index in [-0.39, 0.29) is 0 Å². The first-order valence-corrected chi connectivity index (χ1v) is 7.21. The summed E-state index contributed by atoms with van der Waals surface area (Å²) in [6, 6.07) is 1.61. The molecular weight excluding hydrogens is 196 g/mol. The first-order chi connectivity index (χ1) is 7.81. The minimum Gasteiger partial charge on any atom is -0.318 e. The second kappa shape index (κ2) is 6.02. The minimum atomic E-state index is 0.800. The monoisotopic (exact) mass is 224 g/mol. The Morgan fingerprint density at radius 3 is 2.62 bits per heavy atom. The Morgan fingerprint density at radius 2 is 2.00 bits per heavy atom. The Balaban J connectivity index is 1.82. The fraction of sp³-hybridized carbons (Fsp3) is 1.00. The van der Waals surface area contributed by atoms with E-state index in [0.29, 0.717) is 0 Å². The molecule has 94 valence electrons. The molecule has 16 heavy (non-hydrogen) atoms. The maximum atomic E-state index is 3.36. The molecule has 0 bridgehead atoms. The van der Waals surface area contributed by atoms with Gasteiger partial charge in [-0.15, -0.1) is 0 Å². The van der Waals surface area contributed by atoms with Crippen LogP contribution in [-0.4, -0.2) is 37.1 Å². The third kappa shape index (κ3) is 2.98. The average Bonchev–Trinajstić information content (AvgIpc) is 2.24. The second-order valence-electron chi connectivity index (χ2n) is 5.83. The standard InChI is InChI=1S/C14H28N2/c1-12(10-13-6-5-7-13)16-9-4-3-8-14(16)11-15-2/h12-15H,3-11H2,1-2H3. The SMILES string of the molecule is CNCC1CCCCN1C(C)CC1CCC1. The molecule has 1 saturated carbocycles. The van der Waals surface area contributed by atoms with Crippen molar-refractivity contribution in [2.45, 2.75) is 64.0 Å². The van der Waals surface area contributed by atoms with Crippen LogP contribution in [0.15, 0.2) is 0 Å². The van der Waals surface area contributed by atoms with Crippen molar-refractivity contribution in [1.29, 1.82) is 0 Å². The zero-order chi connectivity index (χ0) is 11.4. The van der Waals surface area contributed by atoms with Gasteiger partial charge in [0.2, 0.25) is 0 Å². The number of nitrogens with zero attached hydrogens (tertiary/aromatic N) is 1. The Hall–Kier alpha value is -0.0800. The van der Waals surface area contributed by atoms with Crippen molar-refractivity contribution >= 4 is 0 Å². The molecule has 0 aromatic heterocycles. The maximum absolute atomic E-state index is 3.36. The van der Waals surface area contributed by atoms with Gasteiger partial charge in [0.25, 0.3) is 0 Å². The van der Waals surface area contributed by atoms with Gasteiger partial charge in [-0.2, -0.15) is 0 Å². The first-order valence-electron chi connectivity index (χ1n) is 7.21. The molecule has 2 nitrogen and oxygen atoms in total. The smallest absolute Gasteiger partial charge is 0.0223 e. The van der Waals surface area contributed by atoms with Gasteiger partial charge >= 0.3 is 0 Å². The predicted octanol–water partition coefficient (Wildman–Crippen LogP) is 2.64. The lowest BCUT2D eigenvalue weighted by atomic mass is 9.80. The quantitative estimate of drug-likeness (QED) is 0.772. The summed E-state index contributed by atoms with van der Waals surface area (Å²) < 4.78 is 0. The molecule has 1 N–H and O–H groups in total. The summed E-state index contributed by atoms with van der Waals surface area (Å²) in [5.74, 6) is 1.05. The van der Waals surface area contributed by atoms with E-state index < -0.39 is 0 Å². The van der Waals surface area contributed by atoms with Crippen molar-refractivity contribution < 1.29 is 0 Å². The largest absolute Gasteiger partial charge is 0.318 e. The third-order valence-electron chi connectivity index (χ3n) is 4.58. The van der Waals surface area contributed by atoms with Crippen LogP contribution >= 0.6 is 0 Å². The highest BCUT2D eigenvalue weighted by atomic mass is 15.2. The molecule has 2 aliphatic rings. The lowest BCUT2D eigenvalue weighted by molar-refractivity contribution is 0.0790. The Morgan fingerprint density at radius 1 is 1.19 bits per heavy atom. The fourth-order valence-electron chi connectivity index (χ4n) is 3.40. The van der Waals surface area contributed by atoms with Crippen molar-refractivity contribution in [3.05, 3.63) is 0 Å². The van der Waals surface area contributed by atoms with E-state index in [1.807, 2.05) is 0 Å². The topological polar surface area (TPSA) is 15.3 Å². The zero-order valence-corrected chi connectivity index (χ0v) is 11.0. The Kier molecular flexibility index (Phi) is 4.66. The van der Waals surface area contributed by atoms with Crippen LogP contribution in [0.5, 0.6) is 0 Å². The second-order valence-corrected chi connectivity index (χ2v) is 5.83. The molecule has 0 aromatic rings. The van der Waals surface area contributed by atoms with Gasteiger partial charge in [-0.05, 0) is 45.7 Å². The summed E-state index contributed by atoms with van der Waals surface area (Å²) in [6.07, 6.45) is 10.2. The number of rotatable bonds is 5. The number of hydrogen-bond donors (Lipinski definition) is 1. The van der Waals surface area contributed by atoms with Gasteiger partial charge in [-0.25, -0.2) is 0 Å². The summed E-state index contributed by atoms with van der Waals surface area (Å²) in [5, 5.41) is 3.36. The fourth-order valence-corrected chi connectivity index (χ4v) is 3.40. The van der Waals surface area contributed by atoms with E-state index in [1.165, 1.54) is 58.0 Å². The van der Waals surface area contributed by atoms with E-state index in [9.17, 15) is 0 Å². The normalized spacial score (nSPS) is 30.0. The molecule has 0 amide bonds. The summed E-state index contributed by atoms with van der Waals surface area (Å²) in [7, 11) is 2.09. The number of piperidine rings is 1. The molecule has 2 heteroatoms. The molecule has 0 spiro atoms. The van der Waals surface area contributed by atoms with Crippen molar-refractivity contribution in [3.8, 4) is 0 Å². The molecule has 0 radical (unpaired) electrons. The van der Waals surface area contributed by atoms with Crippen molar-refractivity contribution in [2.24, 2.45) is 5.92 Å². The van der Waals surface area contributed by atoms with E-state index in [2.05, 4.69) is 24.2 Å². The van der Waals surface area contributed by atoms with Crippen LogP contribution in [0.4, 0.5) is 0 Å². The van der Waals surface area contributed by atoms with Crippen LogP contribution in [-0.2, 0) is 0 Å². The highest BCUT2D eigenvalue weighted by Gasteiger charge is 2.28. The molecule has 2 fully saturated rings. The first kappa shape index (κ1) is 12.4. The van der Waals surface area contributed by atoms with Crippen molar-refractivity contribution in [2.75, 3.05) is 20.1 Å². The van der Waals surface area contributed by atoms with E-state index in [4.69, 9.17) is 0 Å². The van der Waals surface area contributed by atoms with Crippen LogP contribution in [0.25, 0.3) is 0 Å². The van der Waals surface area contributed by atoms with Gasteiger partial charge < -0.3 is 5.32 Å². The van der Waals surface area contributed by atoms with Gasteiger partial charge in [0, 0.05) is 18.6 Å². The van der Waals surface area contributed by atoms with Crippen molar-refractivity contribution in [1.82, 2.24) is 10.2 Å². The lowest BCUT2D eigenvalue weighted by Crippen LogP contribution is -2.49. The molecule has 1 aliphatic heterocycles.